The predicted octanol–water partition coefficient (Wildman–Crippen LogP) is 5.36. The normalized spacial score (nSPS) is 16.0. The Hall–Kier alpha value is -4.39. The lowest BCUT2D eigenvalue weighted by molar-refractivity contribution is -0.117. The van der Waals surface area contributed by atoms with Crippen LogP contribution in [0.3, 0.4) is 0 Å². The minimum Gasteiger partial charge on any atom is -0.503 e. The highest BCUT2D eigenvalue weighted by Gasteiger charge is 2.45. The molecule has 33 heavy (non-hydrogen) atoms. The summed E-state index contributed by atoms with van der Waals surface area (Å²) in [7, 11) is 1.49. The maximum atomic E-state index is 13.6. The zero-order valence-electron chi connectivity index (χ0n) is 17.5. The molecule has 0 spiro atoms. The summed E-state index contributed by atoms with van der Waals surface area (Å²) in [5, 5.41) is 11.5. The topological polar surface area (TPSA) is 80.0 Å². The highest BCUT2D eigenvalue weighted by Crippen LogP contribution is 2.42. The number of nitrogens with zero attached hydrogens (tertiary/aromatic N) is 1. The van der Waals surface area contributed by atoms with Crippen LogP contribution < -0.4 is 9.64 Å². The number of methoxy groups -OCH3 is 1. The number of carbonyl (C=O) groups is 2. The third kappa shape index (κ3) is 3.34. The number of fused-ring (bicyclic) bond motifs is 1. The molecule has 1 N–H and O–H groups in total. The van der Waals surface area contributed by atoms with E-state index >= 15 is 0 Å². The molecular formula is C26H18FNO5. The van der Waals surface area contributed by atoms with E-state index in [1.807, 2.05) is 0 Å². The van der Waals surface area contributed by atoms with Crippen LogP contribution >= 0.6 is 0 Å². The number of amides is 1. The highest BCUT2D eigenvalue weighted by molar-refractivity contribution is 6.20. The number of carbonyl (C=O) groups excluding carboxylic acids is 2. The Morgan fingerprint density at radius 1 is 1.03 bits per heavy atom. The Morgan fingerprint density at radius 3 is 2.45 bits per heavy atom. The predicted molar refractivity (Wildman–Crippen MR) is 120 cm³/mol. The van der Waals surface area contributed by atoms with E-state index in [1.165, 1.54) is 36.3 Å². The summed E-state index contributed by atoms with van der Waals surface area (Å²) in [6.45, 7) is 0. The lowest BCUT2D eigenvalue weighted by Gasteiger charge is -2.26. The second-order valence-corrected chi connectivity index (χ2v) is 7.55. The average molecular weight is 443 g/mol. The van der Waals surface area contributed by atoms with Crippen LogP contribution in [0.5, 0.6) is 5.75 Å². The largest absolute Gasteiger partial charge is 0.503 e. The Bertz CT molecular complexity index is 1410. The summed E-state index contributed by atoms with van der Waals surface area (Å²) in [6, 6.07) is 20.0. The maximum Gasteiger partial charge on any atom is 0.294 e. The summed E-state index contributed by atoms with van der Waals surface area (Å²) in [4.78, 5) is 28.0. The first-order valence-corrected chi connectivity index (χ1v) is 10.2. The summed E-state index contributed by atoms with van der Waals surface area (Å²) in [5.41, 5.74) is 1.22. The quantitative estimate of drug-likeness (QED) is 0.420. The first kappa shape index (κ1) is 20.5. The van der Waals surface area contributed by atoms with Crippen LogP contribution in [-0.4, -0.2) is 23.9 Å². The lowest BCUT2D eigenvalue weighted by Crippen LogP contribution is -2.31. The Labute approximate surface area is 188 Å². The molecule has 0 radical (unpaired) electrons. The van der Waals surface area contributed by atoms with E-state index in [1.54, 1.807) is 54.6 Å². The molecule has 0 bridgehead atoms. The molecule has 1 aromatic heterocycles. The molecule has 164 valence electrons. The minimum absolute atomic E-state index is 0.0364. The van der Waals surface area contributed by atoms with Gasteiger partial charge >= 0.3 is 0 Å². The third-order valence-corrected chi connectivity index (χ3v) is 5.62. The number of halogens is 1. The van der Waals surface area contributed by atoms with Gasteiger partial charge in [-0.05, 0) is 42.0 Å². The molecule has 1 unspecified atom stereocenters. The van der Waals surface area contributed by atoms with Gasteiger partial charge < -0.3 is 14.3 Å². The fourth-order valence-corrected chi connectivity index (χ4v) is 4.10. The second-order valence-electron chi connectivity index (χ2n) is 7.55. The van der Waals surface area contributed by atoms with Crippen LogP contribution in [0.15, 0.2) is 94.6 Å². The Balaban J connectivity index is 1.65. The van der Waals surface area contributed by atoms with Gasteiger partial charge in [-0.15, -0.1) is 0 Å². The highest BCUT2D eigenvalue weighted by atomic mass is 19.1. The van der Waals surface area contributed by atoms with Crippen molar-refractivity contribution in [2.75, 3.05) is 12.0 Å². The van der Waals surface area contributed by atoms with Gasteiger partial charge in [-0.25, -0.2) is 4.39 Å². The van der Waals surface area contributed by atoms with Crippen LogP contribution in [0.25, 0.3) is 11.0 Å². The maximum absolute atomic E-state index is 13.6. The zero-order chi connectivity index (χ0) is 23.1. The van der Waals surface area contributed by atoms with Gasteiger partial charge in [0.1, 0.15) is 5.82 Å². The molecule has 1 atom stereocenters. The van der Waals surface area contributed by atoms with Crippen molar-refractivity contribution in [1.29, 1.82) is 0 Å². The van der Waals surface area contributed by atoms with Crippen molar-refractivity contribution in [1.82, 2.24) is 0 Å². The third-order valence-electron chi connectivity index (χ3n) is 5.62. The van der Waals surface area contributed by atoms with E-state index in [2.05, 4.69) is 0 Å². The summed E-state index contributed by atoms with van der Waals surface area (Å²) >= 11 is 0. The average Bonchev–Trinajstić information content (AvgIpc) is 3.39. The van der Waals surface area contributed by atoms with Gasteiger partial charge in [0.25, 0.3) is 5.91 Å². The molecule has 3 aromatic carbocycles. The van der Waals surface area contributed by atoms with Gasteiger partial charge in [-0.3, -0.25) is 14.5 Å². The number of furan rings is 1. The minimum atomic E-state index is -0.924. The van der Waals surface area contributed by atoms with E-state index in [-0.39, 0.29) is 11.3 Å². The molecule has 0 aliphatic carbocycles. The van der Waals surface area contributed by atoms with Crippen LogP contribution in [0.1, 0.15) is 22.2 Å². The van der Waals surface area contributed by atoms with E-state index in [0.717, 1.165) is 0 Å². The number of anilines is 1. The number of aliphatic hydroxyl groups excluding tert-OH is 1. The number of rotatable bonds is 5. The first-order valence-electron chi connectivity index (χ1n) is 10.2. The van der Waals surface area contributed by atoms with Crippen molar-refractivity contribution in [3.63, 3.8) is 0 Å². The number of benzene rings is 3. The second kappa shape index (κ2) is 7.94. The van der Waals surface area contributed by atoms with Gasteiger partial charge in [-0.1, -0.05) is 42.5 Å². The smallest absolute Gasteiger partial charge is 0.294 e. The molecule has 0 saturated heterocycles. The molecule has 1 aliphatic heterocycles. The van der Waals surface area contributed by atoms with Crippen molar-refractivity contribution in [3.8, 4) is 5.75 Å². The van der Waals surface area contributed by atoms with E-state index in [4.69, 9.17) is 9.15 Å². The summed E-state index contributed by atoms with van der Waals surface area (Å²) < 4.78 is 24.6. The van der Waals surface area contributed by atoms with Crippen LogP contribution in [0.4, 0.5) is 10.1 Å². The van der Waals surface area contributed by atoms with Gasteiger partial charge in [0.15, 0.2) is 22.9 Å². The molecule has 0 saturated carbocycles. The van der Waals surface area contributed by atoms with Crippen molar-refractivity contribution in [2.45, 2.75) is 6.04 Å². The Kier molecular flexibility index (Phi) is 4.94. The van der Waals surface area contributed by atoms with Crippen LogP contribution in [-0.2, 0) is 4.79 Å². The fraction of sp³-hybridized carbons (Fsp3) is 0.0769. The van der Waals surface area contributed by atoms with Crippen LogP contribution in [0.2, 0.25) is 0 Å². The van der Waals surface area contributed by atoms with Gasteiger partial charge in [0.05, 0.1) is 18.7 Å². The molecule has 1 amide bonds. The van der Waals surface area contributed by atoms with E-state index in [0.29, 0.717) is 28.0 Å². The van der Waals surface area contributed by atoms with Crippen molar-refractivity contribution in [3.05, 3.63) is 107 Å². The fourth-order valence-electron chi connectivity index (χ4n) is 4.10. The lowest BCUT2D eigenvalue weighted by atomic mass is 9.95. The van der Waals surface area contributed by atoms with Crippen LogP contribution in [0, 0.1) is 5.82 Å². The summed E-state index contributed by atoms with van der Waals surface area (Å²) in [6.07, 6.45) is 0. The molecule has 0 fully saturated rings. The van der Waals surface area contributed by atoms with Crippen molar-refractivity contribution < 1.29 is 28.2 Å². The number of hydrogen-bond donors (Lipinski definition) is 1. The number of Topliss-reactive ketones (excluding diaryl/α,β-unsaturated/α-hetero) is 1. The molecule has 5 rings (SSSR count). The number of hydrogen-bond acceptors (Lipinski definition) is 5. The standard InChI is InChI=1S/C26H18FNO5/c1-32-19-9-5-8-16-14-20(33-25(16)19)23(29)21-22(15-6-3-2-4-7-15)28(26(31)24(21)30)18-12-10-17(27)11-13-18/h2-14,22,30H,1H3. The van der Waals surface area contributed by atoms with E-state index < -0.39 is 29.3 Å². The molecule has 7 heteroatoms. The monoisotopic (exact) mass is 443 g/mol. The molecule has 6 nitrogen and oxygen atoms in total. The number of ketones is 1. The van der Waals surface area contributed by atoms with Crippen molar-refractivity contribution in [2.24, 2.45) is 0 Å². The number of para-hydroxylation sites is 1. The first-order chi connectivity index (χ1) is 16.0. The van der Waals surface area contributed by atoms with Crippen molar-refractivity contribution >= 4 is 28.3 Å². The molecule has 2 heterocycles. The zero-order valence-corrected chi connectivity index (χ0v) is 17.5. The molecule has 4 aromatic rings. The van der Waals surface area contributed by atoms with Gasteiger partial charge in [0.2, 0.25) is 5.78 Å². The number of ether oxygens (including phenoxy) is 1. The van der Waals surface area contributed by atoms with Gasteiger partial charge in [0, 0.05) is 11.1 Å². The Morgan fingerprint density at radius 2 is 1.76 bits per heavy atom. The summed E-state index contributed by atoms with van der Waals surface area (Å²) in [5.74, 6) is -2.10. The van der Waals surface area contributed by atoms with Gasteiger partial charge in [-0.2, -0.15) is 0 Å². The molecular weight excluding hydrogens is 425 g/mol. The SMILES string of the molecule is COc1cccc2cc(C(=O)C3=C(O)C(=O)N(c4ccc(F)cc4)C3c3ccccc3)oc12. The van der Waals surface area contributed by atoms with E-state index in [9.17, 15) is 19.1 Å². The number of aliphatic hydroxyl groups is 1. The molecule has 1 aliphatic rings.